The molecule has 0 fully saturated rings. The smallest absolute Gasteiger partial charge is 0.226 e. The van der Waals surface area contributed by atoms with Gasteiger partial charge < -0.3 is 14.8 Å². The molecule has 1 aromatic carbocycles. The molecular formula is C14H17N3O2. The highest BCUT2D eigenvalue weighted by Crippen LogP contribution is 2.23. The molecule has 5 nitrogen and oxygen atoms in total. The third-order valence-corrected chi connectivity index (χ3v) is 2.45. The van der Waals surface area contributed by atoms with Crippen molar-refractivity contribution in [3.05, 3.63) is 36.0 Å². The average Bonchev–Trinajstić information content (AvgIpc) is 2.39. The Morgan fingerprint density at radius 3 is 2.42 bits per heavy atom. The van der Waals surface area contributed by atoms with E-state index in [9.17, 15) is 0 Å². The summed E-state index contributed by atoms with van der Waals surface area (Å²) < 4.78 is 10.8. The molecule has 0 amide bonds. The second-order valence-electron chi connectivity index (χ2n) is 3.98. The molecule has 2 rings (SSSR count). The van der Waals surface area contributed by atoms with Gasteiger partial charge in [0.2, 0.25) is 11.8 Å². The van der Waals surface area contributed by atoms with Gasteiger partial charge in [-0.1, -0.05) is 0 Å². The molecule has 0 aliphatic rings. The van der Waals surface area contributed by atoms with E-state index in [0.717, 1.165) is 18.0 Å². The minimum atomic E-state index is 0.522. The van der Waals surface area contributed by atoms with E-state index in [1.54, 1.807) is 13.2 Å². The van der Waals surface area contributed by atoms with Crippen molar-refractivity contribution in [2.75, 3.05) is 19.0 Å². The largest absolute Gasteiger partial charge is 0.497 e. The van der Waals surface area contributed by atoms with E-state index in [1.807, 2.05) is 38.1 Å². The zero-order chi connectivity index (χ0) is 13.7. The fourth-order valence-corrected chi connectivity index (χ4v) is 1.59. The maximum Gasteiger partial charge on any atom is 0.226 e. The normalized spacial score (nSPS) is 10.1. The molecule has 0 unspecified atom stereocenters. The maximum absolute atomic E-state index is 5.70. The molecule has 0 saturated carbocycles. The van der Waals surface area contributed by atoms with E-state index in [0.29, 0.717) is 17.6 Å². The zero-order valence-electron chi connectivity index (χ0n) is 11.3. The summed E-state index contributed by atoms with van der Waals surface area (Å²) in [7, 11) is 1.63. The number of ether oxygens (including phenoxy) is 2. The lowest BCUT2D eigenvalue weighted by molar-refractivity contribution is 0.412. The van der Waals surface area contributed by atoms with Gasteiger partial charge in [-0.3, -0.25) is 0 Å². The van der Waals surface area contributed by atoms with E-state index in [2.05, 4.69) is 15.3 Å². The first kappa shape index (κ1) is 13.1. The van der Waals surface area contributed by atoms with Crippen LogP contribution in [-0.4, -0.2) is 23.6 Å². The van der Waals surface area contributed by atoms with Crippen LogP contribution in [0, 0.1) is 6.92 Å². The Balaban J connectivity index is 2.17. The number of nitrogens with zero attached hydrogens (tertiary/aromatic N) is 2. The number of hydrogen-bond acceptors (Lipinski definition) is 5. The minimum absolute atomic E-state index is 0.522. The number of aryl methyl sites for hydroxylation is 1. The summed E-state index contributed by atoms with van der Waals surface area (Å²) in [6.07, 6.45) is 0. The van der Waals surface area contributed by atoms with Gasteiger partial charge in [0.1, 0.15) is 11.5 Å². The number of methoxy groups -OCH3 is 1. The summed E-state index contributed by atoms with van der Waals surface area (Å²) in [6, 6.07) is 9.15. The molecule has 0 aliphatic heterocycles. The monoisotopic (exact) mass is 259 g/mol. The lowest BCUT2D eigenvalue weighted by Crippen LogP contribution is -2.03. The van der Waals surface area contributed by atoms with Crippen LogP contribution in [0.1, 0.15) is 12.6 Å². The lowest BCUT2D eigenvalue weighted by Gasteiger charge is -2.08. The van der Waals surface area contributed by atoms with Gasteiger partial charge in [0, 0.05) is 18.3 Å². The van der Waals surface area contributed by atoms with Gasteiger partial charge in [0.05, 0.1) is 7.11 Å². The van der Waals surface area contributed by atoms with Crippen molar-refractivity contribution >= 4 is 5.95 Å². The highest BCUT2D eigenvalue weighted by molar-refractivity contribution is 5.36. The van der Waals surface area contributed by atoms with E-state index >= 15 is 0 Å². The zero-order valence-corrected chi connectivity index (χ0v) is 11.3. The van der Waals surface area contributed by atoms with Crippen LogP contribution >= 0.6 is 0 Å². The number of aromatic nitrogens is 2. The number of hydrogen-bond donors (Lipinski definition) is 1. The van der Waals surface area contributed by atoms with Gasteiger partial charge in [-0.25, -0.2) is 4.98 Å². The first-order valence-electron chi connectivity index (χ1n) is 6.12. The summed E-state index contributed by atoms with van der Waals surface area (Å²) in [6.45, 7) is 4.67. The molecule has 1 N–H and O–H groups in total. The Morgan fingerprint density at radius 2 is 1.79 bits per heavy atom. The van der Waals surface area contributed by atoms with E-state index in [-0.39, 0.29) is 0 Å². The lowest BCUT2D eigenvalue weighted by atomic mass is 10.3. The molecule has 1 aromatic heterocycles. The topological polar surface area (TPSA) is 56.3 Å². The van der Waals surface area contributed by atoms with Crippen molar-refractivity contribution in [3.8, 4) is 17.4 Å². The van der Waals surface area contributed by atoms with Crippen LogP contribution in [0.25, 0.3) is 0 Å². The molecule has 5 heteroatoms. The quantitative estimate of drug-likeness (QED) is 0.894. The standard InChI is InChI=1S/C14H17N3O2/c1-4-15-14-16-10(2)9-13(17-14)19-12-7-5-11(18-3)6-8-12/h5-9H,4H2,1-3H3,(H,15,16,17). The highest BCUT2D eigenvalue weighted by atomic mass is 16.5. The summed E-state index contributed by atoms with van der Waals surface area (Å²) in [5.74, 6) is 2.60. The summed E-state index contributed by atoms with van der Waals surface area (Å²) in [5, 5.41) is 3.07. The van der Waals surface area contributed by atoms with Crippen LogP contribution in [0.3, 0.4) is 0 Å². The van der Waals surface area contributed by atoms with Crippen molar-refractivity contribution in [1.29, 1.82) is 0 Å². The summed E-state index contributed by atoms with van der Waals surface area (Å²) >= 11 is 0. The Labute approximate surface area is 112 Å². The van der Waals surface area contributed by atoms with Crippen LogP contribution in [0.15, 0.2) is 30.3 Å². The molecular weight excluding hydrogens is 242 g/mol. The van der Waals surface area contributed by atoms with Crippen LogP contribution in [0.2, 0.25) is 0 Å². The molecule has 0 saturated heterocycles. The van der Waals surface area contributed by atoms with E-state index < -0.39 is 0 Å². The number of anilines is 1. The Morgan fingerprint density at radius 1 is 1.11 bits per heavy atom. The van der Waals surface area contributed by atoms with E-state index in [4.69, 9.17) is 9.47 Å². The molecule has 0 bridgehead atoms. The third-order valence-electron chi connectivity index (χ3n) is 2.45. The molecule has 100 valence electrons. The van der Waals surface area contributed by atoms with E-state index in [1.165, 1.54) is 0 Å². The van der Waals surface area contributed by atoms with Crippen molar-refractivity contribution in [2.24, 2.45) is 0 Å². The van der Waals surface area contributed by atoms with Crippen molar-refractivity contribution in [1.82, 2.24) is 9.97 Å². The van der Waals surface area contributed by atoms with Crippen LogP contribution in [-0.2, 0) is 0 Å². The fourth-order valence-electron chi connectivity index (χ4n) is 1.59. The number of nitrogens with one attached hydrogen (secondary N) is 1. The predicted molar refractivity (Wildman–Crippen MR) is 74.0 cm³/mol. The van der Waals surface area contributed by atoms with Crippen LogP contribution < -0.4 is 14.8 Å². The minimum Gasteiger partial charge on any atom is -0.497 e. The highest BCUT2D eigenvalue weighted by Gasteiger charge is 2.04. The summed E-state index contributed by atoms with van der Waals surface area (Å²) in [4.78, 5) is 8.56. The first-order chi connectivity index (χ1) is 9.21. The Hall–Kier alpha value is -2.30. The predicted octanol–water partition coefficient (Wildman–Crippen LogP) is 3.02. The van der Waals surface area contributed by atoms with Gasteiger partial charge in [0.25, 0.3) is 0 Å². The van der Waals surface area contributed by atoms with Gasteiger partial charge in [-0.15, -0.1) is 0 Å². The Bertz CT molecular complexity index is 541. The van der Waals surface area contributed by atoms with Crippen LogP contribution in [0.5, 0.6) is 17.4 Å². The summed E-state index contributed by atoms with van der Waals surface area (Å²) in [5.41, 5.74) is 0.856. The molecule has 0 atom stereocenters. The second kappa shape index (κ2) is 6.04. The Kier molecular flexibility index (Phi) is 4.18. The molecule has 0 aliphatic carbocycles. The molecule has 2 aromatic rings. The molecule has 0 radical (unpaired) electrons. The number of benzene rings is 1. The first-order valence-corrected chi connectivity index (χ1v) is 6.12. The third kappa shape index (κ3) is 3.58. The van der Waals surface area contributed by atoms with Gasteiger partial charge in [-0.2, -0.15) is 4.98 Å². The molecule has 1 heterocycles. The van der Waals surface area contributed by atoms with Crippen LogP contribution in [0.4, 0.5) is 5.95 Å². The molecule has 0 spiro atoms. The molecule has 19 heavy (non-hydrogen) atoms. The fraction of sp³-hybridized carbons (Fsp3) is 0.286. The van der Waals surface area contributed by atoms with Gasteiger partial charge >= 0.3 is 0 Å². The van der Waals surface area contributed by atoms with Gasteiger partial charge in [0.15, 0.2) is 0 Å². The van der Waals surface area contributed by atoms with Crippen molar-refractivity contribution < 1.29 is 9.47 Å². The number of rotatable bonds is 5. The van der Waals surface area contributed by atoms with Crippen molar-refractivity contribution in [2.45, 2.75) is 13.8 Å². The van der Waals surface area contributed by atoms with Gasteiger partial charge in [-0.05, 0) is 38.1 Å². The second-order valence-corrected chi connectivity index (χ2v) is 3.98. The average molecular weight is 259 g/mol. The van der Waals surface area contributed by atoms with Crippen molar-refractivity contribution in [3.63, 3.8) is 0 Å². The maximum atomic E-state index is 5.70. The SMILES string of the molecule is CCNc1nc(C)cc(Oc2ccc(OC)cc2)n1.